The molecule has 1 heterocycles. The molecule has 9 heteroatoms. The number of nitrogens with two attached hydrogens (primary N) is 1. The second-order valence-corrected chi connectivity index (χ2v) is 6.46. The topological polar surface area (TPSA) is 122 Å². The Morgan fingerprint density at radius 3 is 2.14 bits per heavy atom. The van der Waals surface area contributed by atoms with E-state index in [4.69, 9.17) is 19.9 Å². The number of carbonyl (C=O) groups is 4. The van der Waals surface area contributed by atoms with Crippen molar-refractivity contribution < 1.29 is 33.4 Å². The van der Waals surface area contributed by atoms with Crippen molar-refractivity contribution in [3.63, 3.8) is 0 Å². The summed E-state index contributed by atoms with van der Waals surface area (Å²) in [5, 5.41) is 0.0721. The van der Waals surface area contributed by atoms with Gasteiger partial charge in [-0.05, 0) is 26.0 Å². The van der Waals surface area contributed by atoms with E-state index in [1.807, 2.05) is 0 Å². The van der Waals surface area contributed by atoms with E-state index in [1.54, 1.807) is 13.8 Å². The number of rotatable bonds is 8. The maximum Gasteiger partial charge on any atom is 0.348 e. The zero-order valence-corrected chi connectivity index (χ0v) is 16.2. The molecule has 0 saturated heterocycles. The van der Waals surface area contributed by atoms with Gasteiger partial charge in [-0.2, -0.15) is 0 Å². The third-order valence-electron chi connectivity index (χ3n) is 3.60. The number of carbonyl (C=O) groups excluding carboxylic acids is 4. The summed E-state index contributed by atoms with van der Waals surface area (Å²) < 4.78 is 15.2. The first-order chi connectivity index (χ1) is 13.4. The van der Waals surface area contributed by atoms with Gasteiger partial charge in [0.05, 0.1) is 18.8 Å². The van der Waals surface area contributed by atoms with Crippen molar-refractivity contribution in [2.45, 2.75) is 20.5 Å². The Bertz CT molecular complexity index is 886. The highest BCUT2D eigenvalue weighted by Crippen LogP contribution is 2.33. The smallest absolute Gasteiger partial charge is 0.348 e. The molecular weight excluding hydrogens is 386 g/mol. The number of aldehydes is 1. The number of benzene rings is 1. The number of hydrogen-bond donors (Lipinski definition) is 1. The molecule has 0 fully saturated rings. The van der Waals surface area contributed by atoms with E-state index in [-0.39, 0.29) is 46.4 Å². The van der Waals surface area contributed by atoms with Crippen LogP contribution in [0.15, 0.2) is 24.3 Å². The van der Waals surface area contributed by atoms with Crippen LogP contribution in [0.3, 0.4) is 0 Å². The van der Waals surface area contributed by atoms with Crippen LogP contribution in [0.5, 0.6) is 0 Å². The van der Waals surface area contributed by atoms with Crippen LogP contribution in [0.1, 0.15) is 60.2 Å². The highest BCUT2D eigenvalue weighted by molar-refractivity contribution is 7.18. The van der Waals surface area contributed by atoms with Crippen LogP contribution in [0, 0.1) is 0 Å². The summed E-state index contributed by atoms with van der Waals surface area (Å²) in [6.07, 6.45) is 0.653. The van der Waals surface area contributed by atoms with Gasteiger partial charge in [0.1, 0.15) is 28.3 Å². The summed E-state index contributed by atoms with van der Waals surface area (Å²) in [6, 6.07) is 5.82. The van der Waals surface area contributed by atoms with E-state index >= 15 is 0 Å². The van der Waals surface area contributed by atoms with Gasteiger partial charge in [-0.15, -0.1) is 11.3 Å². The van der Waals surface area contributed by atoms with Crippen LogP contribution < -0.4 is 5.73 Å². The molecule has 0 aliphatic heterocycles. The van der Waals surface area contributed by atoms with Crippen LogP contribution in [0.2, 0.25) is 0 Å². The van der Waals surface area contributed by atoms with Crippen molar-refractivity contribution >= 4 is 40.5 Å². The Balaban J connectivity index is 2.30. The molecule has 0 unspecified atom stereocenters. The molecule has 0 radical (unpaired) electrons. The molecule has 2 aromatic rings. The van der Waals surface area contributed by atoms with Gasteiger partial charge in [-0.25, -0.2) is 14.4 Å². The molecule has 0 aliphatic carbocycles. The van der Waals surface area contributed by atoms with E-state index in [1.165, 1.54) is 24.3 Å². The van der Waals surface area contributed by atoms with Crippen molar-refractivity contribution in [1.82, 2.24) is 0 Å². The van der Waals surface area contributed by atoms with Crippen molar-refractivity contribution in [3.8, 4) is 0 Å². The normalized spacial score (nSPS) is 10.2. The van der Waals surface area contributed by atoms with Crippen molar-refractivity contribution in [3.05, 3.63) is 51.4 Å². The number of esters is 3. The molecule has 0 aliphatic rings. The first-order valence-corrected chi connectivity index (χ1v) is 9.22. The third-order valence-corrected chi connectivity index (χ3v) is 4.65. The standard InChI is InChI=1S/C19H19NO7S/c1-3-25-18(23)14-13(15(28-16(14)20)19(24)26-4-2)10-27-17(22)12-7-5-11(9-21)6-8-12/h5-9H,3-4,10,20H2,1-2H3. The molecule has 1 aromatic heterocycles. The molecule has 0 atom stereocenters. The van der Waals surface area contributed by atoms with Gasteiger partial charge in [0.15, 0.2) is 0 Å². The Morgan fingerprint density at radius 2 is 1.57 bits per heavy atom. The maximum absolute atomic E-state index is 12.3. The second-order valence-electron chi connectivity index (χ2n) is 5.41. The van der Waals surface area contributed by atoms with E-state index in [9.17, 15) is 19.2 Å². The van der Waals surface area contributed by atoms with Crippen molar-refractivity contribution in [1.29, 1.82) is 0 Å². The van der Waals surface area contributed by atoms with Gasteiger partial charge in [0, 0.05) is 11.1 Å². The second kappa shape index (κ2) is 9.65. The predicted molar refractivity (Wildman–Crippen MR) is 102 cm³/mol. The summed E-state index contributed by atoms with van der Waals surface area (Å²) in [5.41, 5.74) is 6.64. The Morgan fingerprint density at radius 1 is 0.964 bits per heavy atom. The van der Waals surface area contributed by atoms with Gasteiger partial charge >= 0.3 is 17.9 Å². The summed E-state index contributed by atoms with van der Waals surface area (Å²) >= 11 is 0.868. The fourth-order valence-electron chi connectivity index (χ4n) is 2.33. The third kappa shape index (κ3) is 4.74. The lowest BCUT2D eigenvalue weighted by Gasteiger charge is -2.09. The van der Waals surface area contributed by atoms with Crippen LogP contribution in [-0.4, -0.2) is 37.4 Å². The number of anilines is 1. The SMILES string of the molecule is CCOC(=O)c1sc(N)c(C(=O)OCC)c1COC(=O)c1ccc(C=O)cc1. The minimum atomic E-state index is -0.715. The lowest BCUT2D eigenvalue weighted by molar-refractivity contribution is 0.0437. The minimum Gasteiger partial charge on any atom is -0.462 e. The van der Waals surface area contributed by atoms with Crippen molar-refractivity contribution in [2.24, 2.45) is 0 Å². The fourth-order valence-corrected chi connectivity index (χ4v) is 3.28. The van der Waals surface area contributed by atoms with Crippen LogP contribution >= 0.6 is 11.3 Å². The molecule has 0 saturated carbocycles. The first-order valence-electron chi connectivity index (χ1n) is 8.40. The van der Waals surface area contributed by atoms with Crippen molar-refractivity contribution in [2.75, 3.05) is 18.9 Å². The van der Waals surface area contributed by atoms with Crippen LogP contribution in [0.4, 0.5) is 5.00 Å². The lowest BCUT2D eigenvalue weighted by atomic mass is 10.1. The largest absolute Gasteiger partial charge is 0.462 e. The molecule has 8 nitrogen and oxygen atoms in total. The minimum absolute atomic E-state index is 0.0148. The fraction of sp³-hybridized carbons (Fsp3) is 0.263. The highest BCUT2D eigenvalue weighted by atomic mass is 32.1. The van der Waals surface area contributed by atoms with Crippen LogP contribution in [-0.2, 0) is 20.8 Å². The molecule has 148 valence electrons. The first kappa shape index (κ1) is 21.1. The average Bonchev–Trinajstić information content (AvgIpc) is 3.03. The number of ether oxygens (including phenoxy) is 3. The molecule has 28 heavy (non-hydrogen) atoms. The number of hydrogen-bond acceptors (Lipinski definition) is 9. The molecule has 0 amide bonds. The lowest BCUT2D eigenvalue weighted by Crippen LogP contribution is -2.14. The van der Waals surface area contributed by atoms with Gasteiger partial charge < -0.3 is 19.9 Å². The average molecular weight is 405 g/mol. The monoisotopic (exact) mass is 405 g/mol. The Hall–Kier alpha value is -3.20. The summed E-state index contributed by atoms with van der Waals surface area (Å²) in [7, 11) is 0. The summed E-state index contributed by atoms with van der Waals surface area (Å²) in [5.74, 6) is -2.07. The van der Waals surface area contributed by atoms with E-state index in [2.05, 4.69) is 0 Å². The van der Waals surface area contributed by atoms with E-state index in [0.29, 0.717) is 11.8 Å². The Labute approximate surface area is 165 Å². The summed E-state index contributed by atoms with van der Waals surface area (Å²) in [6.45, 7) is 3.16. The van der Waals surface area contributed by atoms with Gasteiger partial charge in [0.2, 0.25) is 0 Å². The molecule has 2 rings (SSSR count). The molecule has 0 spiro atoms. The molecule has 2 N–H and O–H groups in total. The van der Waals surface area contributed by atoms with Crippen LogP contribution in [0.25, 0.3) is 0 Å². The molecule has 1 aromatic carbocycles. The van der Waals surface area contributed by atoms with E-state index in [0.717, 1.165) is 11.3 Å². The zero-order valence-electron chi connectivity index (χ0n) is 15.4. The number of nitrogen functional groups attached to an aromatic ring is 1. The number of thiophene rings is 1. The molecular formula is C19H19NO7S. The van der Waals surface area contributed by atoms with Gasteiger partial charge in [-0.1, -0.05) is 12.1 Å². The quantitative estimate of drug-likeness (QED) is 0.404. The molecule has 0 bridgehead atoms. The van der Waals surface area contributed by atoms with E-state index < -0.39 is 17.9 Å². The highest BCUT2D eigenvalue weighted by Gasteiger charge is 2.28. The zero-order chi connectivity index (χ0) is 20.7. The van der Waals surface area contributed by atoms with Gasteiger partial charge in [0.25, 0.3) is 0 Å². The predicted octanol–water partition coefficient (Wildman–Crippen LogP) is 2.85. The maximum atomic E-state index is 12.3. The summed E-state index contributed by atoms with van der Waals surface area (Å²) in [4.78, 5) is 47.5. The Kier molecular flexibility index (Phi) is 7.28. The van der Waals surface area contributed by atoms with Gasteiger partial charge in [-0.3, -0.25) is 4.79 Å².